The lowest BCUT2D eigenvalue weighted by molar-refractivity contribution is -0.108. The van der Waals surface area contributed by atoms with Crippen molar-refractivity contribution in [2.75, 3.05) is 0 Å². The zero-order valence-electron chi connectivity index (χ0n) is 7.38. The van der Waals surface area contributed by atoms with E-state index >= 15 is 0 Å². The number of benzene rings is 1. The first-order chi connectivity index (χ1) is 6.67. The van der Waals surface area contributed by atoms with Gasteiger partial charge in [-0.3, -0.25) is 0 Å². The number of rotatable bonds is 4. The van der Waals surface area contributed by atoms with E-state index in [4.69, 9.17) is 10.8 Å². The molecule has 74 valence electrons. The van der Waals surface area contributed by atoms with Gasteiger partial charge in [0.1, 0.15) is 17.7 Å². The topological polar surface area (TPSA) is 92.8 Å². The summed E-state index contributed by atoms with van der Waals surface area (Å²) in [5.74, 6) is -0.177. The van der Waals surface area contributed by atoms with E-state index in [0.717, 1.165) is 0 Å². The molecule has 0 saturated carbocycles. The van der Waals surface area contributed by atoms with Crippen LogP contribution in [-0.4, -0.2) is 17.4 Å². The highest BCUT2D eigenvalue weighted by Gasteiger charge is 2.06. The molecule has 0 aliphatic heterocycles. The zero-order chi connectivity index (χ0) is 10.6. The van der Waals surface area contributed by atoms with Crippen LogP contribution in [0.25, 0.3) is 0 Å². The first kappa shape index (κ1) is 10.3. The zero-order valence-corrected chi connectivity index (χ0v) is 7.38. The van der Waals surface area contributed by atoms with Crippen LogP contribution in [0.15, 0.2) is 23.4 Å². The number of nitroso groups, excluding NO2 is 1. The van der Waals surface area contributed by atoms with Crippen LogP contribution in [0.4, 0.5) is 5.69 Å². The van der Waals surface area contributed by atoms with Gasteiger partial charge >= 0.3 is 0 Å². The molecule has 1 rings (SSSR count). The van der Waals surface area contributed by atoms with E-state index in [-0.39, 0.29) is 11.4 Å². The number of aldehydes is 1. The Kier molecular flexibility index (Phi) is 3.30. The van der Waals surface area contributed by atoms with Crippen molar-refractivity contribution in [3.05, 3.63) is 28.7 Å². The van der Waals surface area contributed by atoms with Crippen molar-refractivity contribution in [3.8, 4) is 5.75 Å². The van der Waals surface area contributed by atoms with Gasteiger partial charge in [0.25, 0.3) is 0 Å². The van der Waals surface area contributed by atoms with Gasteiger partial charge in [0.15, 0.2) is 0 Å². The van der Waals surface area contributed by atoms with E-state index in [1.165, 1.54) is 12.1 Å². The van der Waals surface area contributed by atoms with Gasteiger partial charge in [0.2, 0.25) is 0 Å². The molecular formula is C9H10N2O3. The van der Waals surface area contributed by atoms with E-state index in [1.54, 1.807) is 6.07 Å². The average molecular weight is 194 g/mol. The number of carbonyl (C=O) groups excluding carboxylic acids is 1. The van der Waals surface area contributed by atoms with Crippen molar-refractivity contribution in [1.82, 2.24) is 0 Å². The Labute approximate surface area is 80.5 Å². The largest absolute Gasteiger partial charge is 0.506 e. The van der Waals surface area contributed by atoms with Gasteiger partial charge in [-0.05, 0) is 29.3 Å². The Morgan fingerprint density at radius 2 is 2.29 bits per heavy atom. The highest BCUT2D eigenvalue weighted by molar-refractivity contribution is 5.59. The minimum absolute atomic E-state index is 0.0411. The maximum atomic E-state index is 10.3. The summed E-state index contributed by atoms with van der Waals surface area (Å²) in [5, 5.41) is 11.8. The Hall–Kier alpha value is -1.75. The molecule has 1 unspecified atom stereocenters. The number of nitrogens with zero attached hydrogens (tertiary/aromatic N) is 1. The van der Waals surface area contributed by atoms with Crippen LogP contribution in [-0.2, 0) is 11.2 Å². The van der Waals surface area contributed by atoms with Gasteiger partial charge in [-0.25, -0.2) is 0 Å². The summed E-state index contributed by atoms with van der Waals surface area (Å²) in [6.07, 6.45) is 0.952. The fourth-order valence-electron chi connectivity index (χ4n) is 1.09. The molecule has 0 heterocycles. The van der Waals surface area contributed by atoms with Crippen LogP contribution in [0.3, 0.4) is 0 Å². The smallest absolute Gasteiger partial charge is 0.149 e. The molecule has 0 aliphatic rings. The molecule has 3 N–H and O–H groups in total. The van der Waals surface area contributed by atoms with Crippen LogP contribution in [0.5, 0.6) is 5.75 Å². The Bertz CT molecular complexity index is 352. The molecule has 1 atom stereocenters. The third-order valence-electron chi connectivity index (χ3n) is 1.78. The Morgan fingerprint density at radius 3 is 2.86 bits per heavy atom. The van der Waals surface area contributed by atoms with Crippen molar-refractivity contribution >= 4 is 12.0 Å². The molecule has 0 radical (unpaired) electrons. The lowest BCUT2D eigenvalue weighted by Gasteiger charge is -2.04. The summed E-state index contributed by atoms with van der Waals surface area (Å²) in [6, 6.07) is 3.75. The predicted octanol–water partition coefficient (Wildman–Crippen LogP) is 0.859. The monoisotopic (exact) mass is 194 g/mol. The second-order valence-corrected chi connectivity index (χ2v) is 2.92. The van der Waals surface area contributed by atoms with Gasteiger partial charge in [0.05, 0.1) is 6.04 Å². The summed E-state index contributed by atoms with van der Waals surface area (Å²) >= 11 is 0. The van der Waals surface area contributed by atoms with Crippen molar-refractivity contribution < 1.29 is 9.90 Å². The maximum Gasteiger partial charge on any atom is 0.149 e. The summed E-state index contributed by atoms with van der Waals surface area (Å²) < 4.78 is 0. The molecule has 0 aromatic heterocycles. The molecule has 1 aromatic rings. The normalized spacial score (nSPS) is 12.1. The van der Waals surface area contributed by atoms with Crippen molar-refractivity contribution in [1.29, 1.82) is 0 Å². The Morgan fingerprint density at radius 1 is 1.57 bits per heavy atom. The third kappa shape index (κ3) is 2.37. The van der Waals surface area contributed by atoms with Crippen LogP contribution < -0.4 is 5.73 Å². The number of hydrogen-bond acceptors (Lipinski definition) is 5. The van der Waals surface area contributed by atoms with Crippen LogP contribution in [0, 0.1) is 4.91 Å². The highest BCUT2D eigenvalue weighted by Crippen LogP contribution is 2.26. The fourth-order valence-corrected chi connectivity index (χ4v) is 1.09. The van der Waals surface area contributed by atoms with E-state index < -0.39 is 6.04 Å². The van der Waals surface area contributed by atoms with Gasteiger partial charge in [-0.2, -0.15) is 0 Å². The molecule has 5 heteroatoms. The molecule has 0 fully saturated rings. The quantitative estimate of drug-likeness (QED) is 0.549. The standard InChI is InChI=1S/C9H10N2O3/c10-7(5-12)3-6-1-2-9(13)8(4-6)11-14/h1-2,4-5,7,13H,3,10H2. The first-order valence-corrected chi connectivity index (χ1v) is 4.03. The summed E-state index contributed by atoms with van der Waals surface area (Å²) in [6.45, 7) is 0. The Balaban J connectivity index is 2.89. The van der Waals surface area contributed by atoms with E-state index in [1.807, 2.05) is 0 Å². The summed E-state index contributed by atoms with van der Waals surface area (Å²) in [7, 11) is 0. The number of aromatic hydroxyl groups is 1. The second kappa shape index (κ2) is 4.48. The molecule has 1 aromatic carbocycles. The van der Waals surface area contributed by atoms with Gasteiger partial charge in [-0.15, -0.1) is 4.91 Å². The van der Waals surface area contributed by atoms with E-state index in [0.29, 0.717) is 18.3 Å². The van der Waals surface area contributed by atoms with Gasteiger partial charge in [0, 0.05) is 0 Å². The van der Waals surface area contributed by atoms with Crippen molar-refractivity contribution in [3.63, 3.8) is 0 Å². The molecule has 0 aliphatic carbocycles. The van der Waals surface area contributed by atoms with Gasteiger partial charge in [-0.1, -0.05) is 6.07 Å². The molecule has 0 saturated heterocycles. The fraction of sp³-hybridized carbons (Fsp3) is 0.222. The predicted molar refractivity (Wildman–Crippen MR) is 51.3 cm³/mol. The molecule has 0 spiro atoms. The van der Waals surface area contributed by atoms with E-state index in [2.05, 4.69) is 5.18 Å². The molecule has 0 amide bonds. The molecular weight excluding hydrogens is 184 g/mol. The lowest BCUT2D eigenvalue weighted by atomic mass is 10.1. The first-order valence-electron chi connectivity index (χ1n) is 4.03. The van der Waals surface area contributed by atoms with Crippen LogP contribution in [0.1, 0.15) is 5.56 Å². The number of hydrogen-bond donors (Lipinski definition) is 2. The maximum absolute atomic E-state index is 10.3. The minimum Gasteiger partial charge on any atom is -0.506 e. The molecule has 0 bridgehead atoms. The molecule has 14 heavy (non-hydrogen) atoms. The van der Waals surface area contributed by atoms with Gasteiger partial charge < -0.3 is 15.6 Å². The third-order valence-corrected chi connectivity index (χ3v) is 1.78. The average Bonchev–Trinajstić information content (AvgIpc) is 2.20. The SMILES string of the molecule is NC(C=O)Cc1ccc(O)c(N=O)c1. The molecule has 5 nitrogen and oxygen atoms in total. The van der Waals surface area contributed by atoms with Crippen LogP contribution in [0.2, 0.25) is 0 Å². The minimum atomic E-state index is -0.598. The number of phenolic OH excluding ortho intramolecular Hbond substituents is 1. The van der Waals surface area contributed by atoms with E-state index in [9.17, 15) is 9.70 Å². The number of phenols is 1. The second-order valence-electron chi connectivity index (χ2n) is 2.92. The van der Waals surface area contributed by atoms with Crippen molar-refractivity contribution in [2.24, 2.45) is 10.9 Å². The van der Waals surface area contributed by atoms with Crippen LogP contribution >= 0.6 is 0 Å². The lowest BCUT2D eigenvalue weighted by Crippen LogP contribution is -2.23. The van der Waals surface area contributed by atoms with Crippen molar-refractivity contribution in [2.45, 2.75) is 12.5 Å². The number of nitrogens with two attached hydrogens (primary N) is 1. The summed E-state index contributed by atoms with van der Waals surface area (Å²) in [5.41, 5.74) is 6.05. The summed E-state index contributed by atoms with van der Waals surface area (Å²) in [4.78, 5) is 20.5. The highest BCUT2D eigenvalue weighted by atomic mass is 16.3. The number of carbonyl (C=O) groups is 1.